The molecule has 1 aromatic rings. The lowest BCUT2D eigenvalue weighted by molar-refractivity contribution is -0.153. The van der Waals surface area contributed by atoms with Gasteiger partial charge in [-0.2, -0.15) is 13.2 Å². The fourth-order valence-electron chi connectivity index (χ4n) is 2.84. The van der Waals surface area contributed by atoms with Gasteiger partial charge < -0.3 is 15.4 Å². The van der Waals surface area contributed by atoms with Gasteiger partial charge in [-0.15, -0.1) is 12.4 Å². The fourth-order valence-corrected chi connectivity index (χ4v) is 2.84. The average Bonchev–Trinajstić information content (AvgIpc) is 2.54. The molecule has 1 heterocycles. The number of anilines is 1. The van der Waals surface area contributed by atoms with Crippen molar-refractivity contribution in [2.75, 3.05) is 25.0 Å². The number of alkyl halides is 3. The molecule has 142 valence electrons. The smallest absolute Gasteiger partial charge is 0.422 e. The zero-order chi connectivity index (χ0) is 17.6. The Balaban J connectivity index is 0.00000312. The van der Waals surface area contributed by atoms with Crippen molar-refractivity contribution in [1.82, 2.24) is 5.32 Å². The molecule has 4 nitrogen and oxygen atoms in total. The van der Waals surface area contributed by atoms with Crippen LogP contribution in [0, 0.1) is 11.8 Å². The van der Waals surface area contributed by atoms with Crippen molar-refractivity contribution in [2.24, 2.45) is 11.8 Å². The molecule has 0 aromatic heterocycles. The number of benzene rings is 1. The Bertz CT molecular complexity index is 532. The second-order valence-corrected chi connectivity index (χ2v) is 6.26. The van der Waals surface area contributed by atoms with E-state index in [-0.39, 0.29) is 30.0 Å². The highest BCUT2D eigenvalue weighted by atomic mass is 35.5. The van der Waals surface area contributed by atoms with Crippen molar-refractivity contribution < 1.29 is 22.7 Å². The maximum absolute atomic E-state index is 12.1. The summed E-state index contributed by atoms with van der Waals surface area (Å²) >= 11 is 0. The minimum Gasteiger partial charge on any atom is -0.484 e. The topological polar surface area (TPSA) is 50.4 Å². The van der Waals surface area contributed by atoms with Crippen molar-refractivity contribution in [2.45, 2.75) is 32.4 Å². The second-order valence-electron chi connectivity index (χ2n) is 6.26. The van der Waals surface area contributed by atoms with Crippen molar-refractivity contribution in [3.05, 3.63) is 24.3 Å². The van der Waals surface area contributed by atoms with E-state index in [2.05, 4.69) is 22.3 Å². The number of nitrogens with one attached hydrogen (secondary N) is 2. The van der Waals surface area contributed by atoms with E-state index in [1.807, 2.05) is 0 Å². The average molecular weight is 381 g/mol. The number of ether oxygens (including phenoxy) is 1. The number of hydrogen-bond donors (Lipinski definition) is 2. The van der Waals surface area contributed by atoms with Crippen LogP contribution in [0.5, 0.6) is 5.75 Å². The maximum atomic E-state index is 12.1. The summed E-state index contributed by atoms with van der Waals surface area (Å²) in [6.07, 6.45) is -1.67. The maximum Gasteiger partial charge on any atom is 0.422 e. The Morgan fingerprint density at radius 3 is 2.60 bits per heavy atom. The van der Waals surface area contributed by atoms with Gasteiger partial charge >= 0.3 is 6.18 Å². The number of carbonyl (C=O) groups excluding carboxylic acids is 1. The molecule has 1 aromatic carbocycles. The van der Waals surface area contributed by atoms with Gasteiger partial charge in [-0.1, -0.05) is 6.92 Å². The van der Waals surface area contributed by atoms with Crippen LogP contribution in [0.4, 0.5) is 18.9 Å². The second kappa shape index (κ2) is 9.87. The van der Waals surface area contributed by atoms with Crippen LogP contribution in [0.1, 0.15) is 26.2 Å². The lowest BCUT2D eigenvalue weighted by Gasteiger charge is -2.28. The molecule has 2 atom stereocenters. The molecule has 0 radical (unpaired) electrons. The van der Waals surface area contributed by atoms with Crippen molar-refractivity contribution >= 4 is 24.0 Å². The normalized spacial score (nSPS) is 18.8. The monoisotopic (exact) mass is 380 g/mol. The summed E-state index contributed by atoms with van der Waals surface area (Å²) < 4.78 is 40.9. The van der Waals surface area contributed by atoms with Gasteiger partial charge in [0.15, 0.2) is 6.61 Å². The van der Waals surface area contributed by atoms with Crippen LogP contribution in [-0.4, -0.2) is 31.8 Å². The molecule has 0 saturated carbocycles. The zero-order valence-electron chi connectivity index (χ0n) is 14.1. The molecule has 1 aliphatic heterocycles. The van der Waals surface area contributed by atoms with Crippen LogP contribution in [0.2, 0.25) is 0 Å². The summed E-state index contributed by atoms with van der Waals surface area (Å²) in [5, 5.41) is 6.12. The molecule has 8 heteroatoms. The Kier molecular flexibility index (Phi) is 8.52. The van der Waals surface area contributed by atoms with E-state index in [1.165, 1.54) is 24.3 Å². The van der Waals surface area contributed by atoms with Gasteiger partial charge in [-0.05, 0) is 62.0 Å². The molecule has 1 fully saturated rings. The molecule has 1 amide bonds. The quantitative estimate of drug-likeness (QED) is 0.783. The van der Waals surface area contributed by atoms with E-state index in [4.69, 9.17) is 0 Å². The molecule has 0 aliphatic carbocycles. The molecule has 25 heavy (non-hydrogen) atoms. The predicted molar refractivity (Wildman–Crippen MR) is 93.2 cm³/mol. The first kappa shape index (κ1) is 21.6. The van der Waals surface area contributed by atoms with Gasteiger partial charge in [-0.25, -0.2) is 0 Å². The van der Waals surface area contributed by atoms with E-state index in [1.54, 1.807) is 0 Å². The van der Waals surface area contributed by atoms with E-state index >= 15 is 0 Å². The fraction of sp³-hybridized carbons (Fsp3) is 0.588. The standard InChI is InChI=1S/C17H23F3N2O2.ClH/c1-12(13-3-2-8-21-10-13)9-16(23)22-14-4-6-15(7-5-14)24-11-17(18,19)20;/h4-7,12-13,21H,2-3,8-11H2,1H3,(H,22,23);1H. The van der Waals surface area contributed by atoms with Crippen LogP contribution in [0.25, 0.3) is 0 Å². The molecule has 2 rings (SSSR count). The van der Waals surface area contributed by atoms with Crippen LogP contribution in [0.15, 0.2) is 24.3 Å². The summed E-state index contributed by atoms with van der Waals surface area (Å²) in [4.78, 5) is 12.1. The zero-order valence-corrected chi connectivity index (χ0v) is 14.9. The van der Waals surface area contributed by atoms with Crippen LogP contribution in [-0.2, 0) is 4.79 Å². The largest absolute Gasteiger partial charge is 0.484 e. The Morgan fingerprint density at radius 1 is 1.36 bits per heavy atom. The highest BCUT2D eigenvalue weighted by Crippen LogP contribution is 2.24. The third-order valence-corrected chi connectivity index (χ3v) is 4.19. The van der Waals surface area contributed by atoms with Crippen LogP contribution < -0.4 is 15.4 Å². The van der Waals surface area contributed by atoms with E-state index in [0.29, 0.717) is 18.0 Å². The van der Waals surface area contributed by atoms with Gasteiger partial charge in [0.25, 0.3) is 0 Å². The number of hydrogen-bond acceptors (Lipinski definition) is 3. The summed E-state index contributed by atoms with van der Waals surface area (Å²) in [5.74, 6) is 0.818. The molecular formula is C17H24ClF3N2O2. The summed E-state index contributed by atoms with van der Waals surface area (Å²) in [6, 6.07) is 5.90. The molecule has 0 bridgehead atoms. The Labute approximate surface area is 151 Å². The number of rotatable bonds is 6. The van der Waals surface area contributed by atoms with E-state index < -0.39 is 12.8 Å². The molecule has 1 aliphatic rings. The van der Waals surface area contributed by atoms with Gasteiger partial charge in [0.2, 0.25) is 5.91 Å². The minimum atomic E-state index is -4.36. The molecular weight excluding hydrogens is 357 g/mol. The molecule has 2 N–H and O–H groups in total. The lowest BCUT2D eigenvalue weighted by Crippen LogP contribution is -2.34. The lowest BCUT2D eigenvalue weighted by atomic mass is 9.85. The Hall–Kier alpha value is -1.47. The van der Waals surface area contributed by atoms with Gasteiger partial charge in [-0.3, -0.25) is 4.79 Å². The number of amides is 1. The van der Waals surface area contributed by atoms with E-state index in [9.17, 15) is 18.0 Å². The first-order valence-corrected chi connectivity index (χ1v) is 8.13. The SMILES string of the molecule is CC(CC(=O)Nc1ccc(OCC(F)(F)F)cc1)C1CCCNC1.Cl. The number of halogens is 4. The third kappa shape index (κ3) is 7.96. The molecule has 0 spiro atoms. The first-order chi connectivity index (χ1) is 11.3. The number of piperidine rings is 1. The van der Waals surface area contributed by atoms with Crippen molar-refractivity contribution in [3.8, 4) is 5.75 Å². The Morgan fingerprint density at radius 2 is 2.04 bits per heavy atom. The predicted octanol–water partition coefficient (Wildman–Crippen LogP) is 4.01. The highest BCUT2D eigenvalue weighted by Gasteiger charge is 2.28. The molecule has 1 saturated heterocycles. The van der Waals surface area contributed by atoms with Crippen LogP contribution in [0.3, 0.4) is 0 Å². The minimum absolute atomic E-state index is 0. The van der Waals surface area contributed by atoms with Crippen molar-refractivity contribution in [1.29, 1.82) is 0 Å². The van der Waals surface area contributed by atoms with Crippen molar-refractivity contribution in [3.63, 3.8) is 0 Å². The van der Waals surface area contributed by atoms with Gasteiger partial charge in [0, 0.05) is 12.1 Å². The summed E-state index contributed by atoms with van der Waals surface area (Å²) in [5.41, 5.74) is 0.549. The van der Waals surface area contributed by atoms with Gasteiger partial charge in [0.1, 0.15) is 5.75 Å². The third-order valence-electron chi connectivity index (χ3n) is 4.19. The first-order valence-electron chi connectivity index (χ1n) is 8.13. The van der Waals surface area contributed by atoms with Crippen LogP contribution >= 0.6 is 12.4 Å². The molecule has 2 unspecified atom stereocenters. The van der Waals surface area contributed by atoms with E-state index in [0.717, 1.165) is 25.9 Å². The summed E-state index contributed by atoms with van der Waals surface area (Å²) in [7, 11) is 0. The van der Waals surface area contributed by atoms with Gasteiger partial charge in [0.05, 0.1) is 0 Å². The highest BCUT2D eigenvalue weighted by molar-refractivity contribution is 5.90. The number of carbonyl (C=O) groups is 1. The summed E-state index contributed by atoms with van der Waals surface area (Å²) in [6.45, 7) is 2.73.